The first-order valence-electron chi connectivity index (χ1n) is 15.1. The average molecular weight is 631 g/mol. The monoisotopic (exact) mass is 630 g/mol. The summed E-state index contributed by atoms with van der Waals surface area (Å²) < 4.78 is 7.11. The summed E-state index contributed by atoms with van der Waals surface area (Å²) in [5.41, 5.74) is 4.69. The predicted octanol–water partition coefficient (Wildman–Crippen LogP) is 3.75. The van der Waals surface area contributed by atoms with E-state index in [1.165, 1.54) is 4.40 Å². The van der Waals surface area contributed by atoms with Crippen molar-refractivity contribution in [2.24, 2.45) is 5.92 Å². The summed E-state index contributed by atoms with van der Waals surface area (Å²) in [6.45, 7) is 2.75. The van der Waals surface area contributed by atoms with Gasteiger partial charge in [-0.15, -0.1) is 0 Å². The number of carbonyl (C=O) groups excluding carboxylic acids is 1. The minimum absolute atomic E-state index is 0.0920. The molecule has 6 rings (SSSR count). The number of nitrogens with zero attached hydrogens (tertiary/aromatic N) is 4. The molecule has 0 spiro atoms. The van der Waals surface area contributed by atoms with Gasteiger partial charge in [-0.05, 0) is 49.6 Å². The lowest BCUT2D eigenvalue weighted by molar-refractivity contribution is -0.143. The second kappa shape index (κ2) is 13.4. The van der Waals surface area contributed by atoms with Gasteiger partial charge in [-0.2, -0.15) is 0 Å². The number of carbonyl (C=O) groups is 2. The first-order chi connectivity index (χ1) is 21.8. The highest BCUT2D eigenvalue weighted by molar-refractivity contribution is 6.36. The number of hydrogen-bond acceptors (Lipinski definition) is 8. The van der Waals surface area contributed by atoms with Gasteiger partial charge in [0.25, 0.3) is 5.56 Å². The number of carboxylic acids is 1. The average Bonchev–Trinajstić information content (AvgIpc) is 3.47. The van der Waals surface area contributed by atoms with Gasteiger partial charge in [0, 0.05) is 67.7 Å². The van der Waals surface area contributed by atoms with Crippen molar-refractivity contribution >= 4 is 29.1 Å². The summed E-state index contributed by atoms with van der Waals surface area (Å²) in [6.07, 6.45) is 6.12. The van der Waals surface area contributed by atoms with E-state index in [2.05, 4.69) is 15.6 Å². The van der Waals surface area contributed by atoms with Crippen molar-refractivity contribution in [3.05, 3.63) is 81.4 Å². The third-order valence-corrected chi connectivity index (χ3v) is 8.95. The van der Waals surface area contributed by atoms with Crippen molar-refractivity contribution < 1.29 is 19.4 Å². The highest BCUT2D eigenvalue weighted by Crippen LogP contribution is 2.37. The maximum Gasteiger partial charge on any atom is 0.307 e. The molecule has 4 aromatic rings. The van der Waals surface area contributed by atoms with Gasteiger partial charge >= 0.3 is 5.97 Å². The van der Waals surface area contributed by atoms with Crippen LogP contribution in [0.1, 0.15) is 36.8 Å². The van der Waals surface area contributed by atoms with Crippen LogP contribution in [-0.2, 0) is 22.7 Å². The molecule has 1 aromatic carbocycles. The minimum Gasteiger partial charge on any atom is -0.481 e. The summed E-state index contributed by atoms with van der Waals surface area (Å²) in [5.74, 6) is -0.627. The number of rotatable bonds is 10. The molecule has 11 nitrogen and oxygen atoms in total. The van der Waals surface area contributed by atoms with E-state index >= 15 is 0 Å². The van der Waals surface area contributed by atoms with Gasteiger partial charge in [-0.1, -0.05) is 35.9 Å². The van der Waals surface area contributed by atoms with Crippen LogP contribution in [-0.4, -0.2) is 69.0 Å². The Balaban J connectivity index is 1.21. The number of ether oxygens (including phenoxy) is 1. The predicted molar refractivity (Wildman–Crippen MR) is 170 cm³/mol. The van der Waals surface area contributed by atoms with Crippen LogP contribution in [0.2, 0.25) is 5.02 Å². The fourth-order valence-corrected chi connectivity index (χ4v) is 6.46. The molecular weight excluding hydrogens is 596 g/mol. The van der Waals surface area contributed by atoms with E-state index in [4.69, 9.17) is 21.3 Å². The third-order valence-electron chi connectivity index (χ3n) is 8.54. The minimum atomic E-state index is -0.796. The first-order valence-corrected chi connectivity index (χ1v) is 15.5. The zero-order valence-electron chi connectivity index (χ0n) is 25.0. The molecule has 2 saturated heterocycles. The lowest BCUT2D eigenvalue weighted by atomic mass is 9.98. The Morgan fingerprint density at radius 2 is 2.00 bits per heavy atom. The van der Waals surface area contributed by atoms with Gasteiger partial charge in [-0.25, -0.2) is 9.97 Å². The smallest absolute Gasteiger partial charge is 0.307 e. The number of likely N-dealkylation sites (tertiary alicyclic amines) is 1. The van der Waals surface area contributed by atoms with Gasteiger partial charge in [0.1, 0.15) is 5.65 Å². The van der Waals surface area contributed by atoms with Crippen LogP contribution in [0.5, 0.6) is 5.88 Å². The van der Waals surface area contributed by atoms with Gasteiger partial charge in [0.05, 0.1) is 29.3 Å². The lowest BCUT2D eigenvalue weighted by Crippen LogP contribution is -2.39. The number of hydrogen-bond donors (Lipinski definition) is 3. The number of methoxy groups -OCH3 is 1. The van der Waals surface area contributed by atoms with E-state index in [1.54, 1.807) is 19.5 Å². The molecule has 2 atom stereocenters. The van der Waals surface area contributed by atoms with E-state index in [-0.39, 0.29) is 17.5 Å². The zero-order chi connectivity index (χ0) is 31.5. The van der Waals surface area contributed by atoms with Crippen molar-refractivity contribution in [2.75, 3.05) is 26.7 Å². The van der Waals surface area contributed by atoms with Gasteiger partial charge in [-0.3, -0.25) is 23.7 Å². The number of amides is 1. The normalized spacial score (nSPS) is 18.7. The standard InChI is InChI=1S/C33H35ClN6O5/c1-45-31-21(15-35-17-24-8-10-29(41)37-24)7-9-27(38-31)26-6-2-5-25(30(26)34)20-11-13-40-28(14-20)36-16-23(32(40)42)19-39-12-3-4-22(18-39)33(43)44/h2,5-7,9,11,13-14,16,22,24,35H,3-4,8,10,12,15,17-19H2,1H3,(H,37,41)(H,43,44)/t22-,24-/m0/s1. The lowest BCUT2D eigenvalue weighted by Gasteiger charge is -2.30. The highest BCUT2D eigenvalue weighted by atomic mass is 35.5. The van der Waals surface area contributed by atoms with E-state index in [9.17, 15) is 19.5 Å². The zero-order valence-corrected chi connectivity index (χ0v) is 25.7. The molecule has 2 fully saturated rings. The Morgan fingerprint density at radius 1 is 1.16 bits per heavy atom. The topological polar surface area (TPSA) is 138 Å². The van der Waals surface area contributed by atoms with E-state index in [0.29, 0.717) is 66.8 Å². The largest absolute Gasteiger partial charge is 0.481 e. The van der Waals surface area contributed by atoms with Crippen LogP contribution in [0.4, 0.5) is 0 Å². The molecule has 0 unspecified atom stereocenters. The number of carboxylic acid groups (broad SMARTS) is 1. The number of piperidine rings is 1. The summed E-state index contributed by atoms with van der Waals surface area (Å²) in [4.78, 5) is 47.5. The first kappa shape index (κ1) is 30.7. The number of benzene rings is 1. The summed E-state index contributed by atoms with van der Waals surface area (Å²) in [7, 11) is 1.58. The number of aliphatic carboxylic acids is 1. The maximum absolute atomic E-state index is 13.3. The number of aromatic nitrogens is 3. The molecule has 0 saturated carbocycles. The SMILES string of the molecule is COc1nc(-c2cccc(-c3ccn4c(=O)c(CN5CCC[C@H](C(=O)O)C5)cnc4c3)c2Cl)ccc1CNC[C@@H]1CCC(=O)N1. The van der Waals surface area contributed by atoms with Crippen LogP contribution in [0.15, 0.2) is 59.7 Å². The van der Waals surface area contributed by atoms with Crippen LogP contribution in [0.3, 0.4) is 0 Å². The van der Waals surface area contributed by atoms with Crippen LogP contribution in [0.25, 0.3) is 28.0 Å². The van der Waals surface area contributed by atoms with Crippen molar-refractivity contribution in [3.8, 4) is 28.3 Å². The van der Waals surface area contributed by atoms with Gasteiger partial charge in [0.2, 0.25) is 11.8 Å². The molecule has 3 aromatic heterocycles. The Hall–Kier alpha value is -4.32. The molecule has 0 bridgehead atoms. The molecule has 0 radical (unpaired) electrons. The second-order valence-electron chi connectivity index (χ2n) is 11.6. The molecule has 234 valence electrons. The highest BCUT2D eigenvalue weighted by Gasteiger charge is 2.26. The third kappa shape index (κ3) is 6.70. The molecular formula is C33H35ClN6O5. The Kier molecular flexibility index (Phi) is 9.11. The van der Waals surface area contributed by atoms with E-state index in [0.717, 1.165) is 41.6 Å². The van der Waals surface area contributed by atoms with Gasteiger partial charge in [0.15, 0.2) is 0 Å². The quantitative estimate of drug-likeness (QED) is 0.239. The van der Waals surface area contributed by atoms with E-state index < -0.39 is 11.9 Å². The Morgan fingerprint density at radius 3 is 2.78 bits per heavy atom. The van der Waals surface area contributed by atoms with E-state index in [1.807, 2.05) is 47.4 Å². The number of fused-ring (bicyclic) bond motifs is 1. The molecule has 2 aliphatic rings. The maximum atomic E-state index is 13.3. The fraction of sp³-hybridized carbons (Fsp3) is 0.364. The fourth-order valence-electron chi connectivity index (χ4n) is 6.13. The number of nitrogens with one attached hydrogen (secondary N) is 2. The van der Waals surface area contributed by atoms with Crippen molar-refractivity contribution in [1.29, 1.82) is 0 Å². The molecule has 12 heteroatoms. The summed E-state index contributed by atoms with van der Waals surface area (Å²) in [5, 5.41) is 16.2. The summed E-state index contributed by atoms with van der Waals surface area (Å²) >= 11 is 6.97. The number of halogens is 1. The van der Waals surface area contributed by atoms with Crippen LogP contribution >= 0.6 is 11.6 Å². The van der Waals surface area contributed by atoms with Crippen molar-refractivity contribution in [2.45, 2.75) is 44.8 Å². The van der Waals surface area contributed by atoms with Gasteiger partial charge < -0.3 is 20.5 Å². The number of pyridine rings is 2. The summed E-state index contributed by atoms with van der Waals surface area (Å²) in [6, 6.07) is 13.4. The molecule has 1 amide bonds. The van der Waals surface area contributed by atoms with Crippen molar-refractivity contribution in [3.63, 3.8) is 0 Å². The Labute approximate surface area is 265 Å². The van der Waals surface area contributed by atoms with Crippen molar-refractivity contribution in [1.82, 2.24) is 29.9 Å². The Bertz CT molecular complexity index is 1810. The molecule has 5 heterocycles. The molecule has 2 aliphatic heterocycles. The molecule has 45 heavy (non-hydrogen) atoms. The van der Waals surface area contributed by atoms with Crippen LogP contribution < -0.4 is 20.9 Å². The molecule has 3 N–H and O–H groups in total. The van der Waals surface area contributed by atoms with Crippen LogP contribution in [0, 0.1) is 5.92 Å². The molecule has 0 aliphatic carbocycles. The second-order valence-corrected chi connectivity index (χ2v) is 12.0.